The molecule has 0 fully saturated rings. The van der Waals surface area contributed by atoms with E-state index in [0.29, 0.717) is 0 Å². The topological polar surface area (TPSA) is 29.1 Å². The lowest BCUT2D eigenvalue weighted by Crippen LogP contribution is -2.40. The zero-order valence-electron chi connectivity index (χ0n) is 11.8. The molecule has 19 heavy (non-hydrogen) atoms. The summed E-state index contributed by atoms with van der Waals surface area (Å²) in [5.74, 6) is 0. The van der Waals surface area contributed by atoms with Crippen LogP contribution in [-0.4, -0.2) is 15.0 Å². The highest BCUT2D eigenvalue weighted by Gasteiger charge is 2.22. The molecule has 1 aromatic carbocycles. The van der Waals surface area contributed by atoms with E-state index in [0.717, 1.165) is 17.9 Å². The molecule has 0 aliphatic heterocycles. The lowest BCUT2D eigenvalue weighted by Gasteiger charge is -2.23. The van der Waals surface area contributed by atoms with Crippen LogP contribution in [0.1, 0.15) is 32.8 Å². The van der Waals surface area contributed by atoms with Crippen LogP contribution in [-0.2, 0) is 17.4 Å². The molecule has 0 radical (unpaired) electrons. The van der Waals surface area contributed by atoms with Crippen LogP contribution in [0.2, 0.25) is 5.02 Å². The second-order valence-electron chi connectivity index (χ2n) is 5.55. The van der Waals surface area contributed by atoms with Crippen LogP contribution >= 0.6 is 11.6 Å². The Morgan fingerprint density at radius 2 is 1.95 bits per heavy atom. The summed E-state index contributed by atoms with van der Waals surface area (Å²) in [6, 6.07) is 7.88. The second-order valence-corrected chi connectivity index (χ2v) is 7.99. The van der Waals surface area contributed by atoms with Crippen molar-refractivity contribution in [2.45, 2.75) is 44.4 Å². The molecule has 0 spiro atoms. The van der Waals surface area contributed by atoms with Crippen molar-refractivity contribution in [1.82, 2.24) is 4.72 Å². The number of nitrogens with one attached hydrogen (secondary N) is 1. The number of benzene rings is 1. The van der Waals surface area contributed by atoms with Gasteiger partial charge in [0, 0.05) is 11.1 Å². The molecule has 0 heterocycles. The molecule has 1 aromatic rings. The van der Waals surface area contributed by atoms with E-state index in [9.17, 15) is 4.21 Å². The minimum atomic E-state index is -1.07. The third-order valence-electron chi connectivity index (χ3n) is 2.68. The molecule has 1 N–H and O–H groups in total. The van der Waals surface area contributed by atoms with E-state index in [-0.39, 0.29) is 10.8 Å². The van der Waals surface area contributed by atoms with Gasteiger partial charge < -0.3 is 0 Å². The fourth-order valence-electron chi connectivity index (χ4n) is 1.61. The highest BCUT2D eigenvalue weighted by atomic mass is 35.5. The van der Waals surface area contributed by atoms with Gasteiger partial charge in [0.25, 0.3) is 0 Å². The monoisotopic (exact) mass is 299 g/mol. The van der Waals surface area contributed by atoms with Crippen molar-refractivity contribution in [1.29, 1.82) is 0 Å². The van der Waals surface area contributed by atoms with Crippen LogP contribution in [0.15, 0.2) is 36.9 Å². The number of hydrogen-bond acceptors (Lipinski definition) is 1. The number of rotatable bonds is 6. The molecule has 0 aliphatic carbocycles. The average molecular weight is 300 g/mol. The van der Waals surface area contributed by atoms with Gasteiger partial charge in [-0.2, -0.15) is 0 Å². The maximum absolute atomic E-state index is 12.1. The highest BCUT2D eigenvalue weighted by molar-refractivity contribution is 7.84. The van der Waals surface area contributed by atoms with Gasteiger partial charge in [-0.1, -0.05) is 29.8 Å². The quantitative estimate of drug-likeness (QED) is 0.794. The minimum Gasteiger partial charge on any atom is -0.242 e. The zero-order valence-corrected chi connectivity index (χ0v) is 13.4. The third kappa shape index (κ3) is 5.89. The Hall–Kier alpha value is -0.640. The molecule has 0 amide bonds. The summed E-state index contributed by atoms with van der Waals surface area (Å²) >= 11 is 5.87. The van der Waals surface area contributed by atoms with Gasteiger partial charge in [0.15, 0.2) is 0 Å². The lowest BCUT2D eigenvalue weighted by atomic mass is 10.0. The standard InChI is InChI=1S/C15H22ClNOS/c1-5-6-14(17-19(18)15(2,3)4)11-12-7-9-13(16)10-8-12/h5,7-10,14,17H,1,6,11H2,2-4H3. The van der Waals surface area contributed by atoms with Gasteiger partial charge in [0.05, 0.1) is 15.7 Å². The molecule has 0 bridgehead atoms. The van der Waals surface area contributed by atoms with E-state index in [2.05, 4.69) is 11.3 Å². The first-order chi connectivity index (χ1) is 8.82. The van der Waals surface area contributed by atoms with Crippen LogP contribution in [0, 0.1) is 0 Å². The van der Waals surface area contributed by atoms with Crippen molar-refractivity contribution in [3.63, 3.8) is 0 Å². The fourth-order valence-corrected chi connectivity index (χ4v) is 2.57. The Kier molecular flexibility index (Phi) is 6.24. The Balaban J connectivity index is 2.70. The van der Waals surface area contributed by atoms with Crippen molar-refractivity contribution in [2.75, 3.05) is 0 Å². The maximum atomic E-state index is 12.1. The highest BCUT2D eigenvalue weighted by Crippen LogP contribution is 2.15. The maximum Gasteiger partial charge on any atom is 0.0972 e. The van der Waals surface area contributed by atoms with Crippen molar-refractivity contribution >= 4 is 22.6 Å². The molecule has 4 heteroatoms. The summed E-state index contributed by atoms with van der Waals surface area (Å²) < 4.78 is 15.1. The molecule has 0 saturated carbocycles. The average Bonchev–Trinajstić information content (AvgIpc) is 2.31. The molecule has 0 aromatic heterocycles. The van der Waals surface area contributed by atoms with Crippen LogP contribution in [0.5, 0.6) is 0 Å². The summed E-state index contributed by atoms with van der Waals surface area (Å²) in [5.41, 5.74) is 1.18. The molecule has 106 valence electrons. The van der Waals surface area contributed by atoms with Gasteiger partial charge in [-0.25, -0.2) is 8.93 Å². The second kappa shape index (κ2) is 7.22. The molecule has 1 rings (SSSR count). The normalized spacial score (nSPS) is 14.9. The Bertz CT molecular complexity index is 436. The van der Waals surface area contributed by atoms with Crippen molar-refractivity contribution < 1.29 is 4.21 Å². The van der Waals surface area contributed by atoms with Crippen LogP contribution in [0.4, 0.5) is 0 Å². The first kappa shape index (κ1) is 16.4. The Morgan fingerprint density at radius 1 is 1.37 bits per heavy atom. The fraction of sp³-hybridized carbons (Fsp3) is 0.467. The van der Waals surface area contributed by atoms with E-state index >= 15 is 0 Å². The minimum absolute atomic E-state index is 0.124. The zero-order chi connectivity index (χ0) is 14.5. The predicted molar refractivity (Wildman–Crippen MR) is 84.8 cm³/mol. The van der Waals surface area contributed by atoms with Crippen LogP contribution in [0.3, 0.4) is 0 Å². The molecule has 0 saturated heterocycles. The summed E-state index contributed by atoms with van der Waals surface area (Å²) in [5, 5.41) is 0.732. The van der Waals surface area contributed by atoms with Gasteiger partial charge in [-0.05, 0) is 51.3 Å². The summed E-state index contributed by atoms with van der Waals surface area (Å²) in [4.78, 5) is 0. The lowest BCUT2D eigenvalue weighted by molar-refractivity contribution is 0.583. The van der Waals surface area contributed by atoms with Crippen molar-refractivity contribution in [2.24, 2.45) is 0 Å². The van der Waals surface area contributed by atoms with Gasteiger partial charge in [-0.3, -0.25) is 0 Å². The SMILES string of the molecule is C=CCC(Cc1ccc(Cl)cc1)NS(=O)C(C)(C)C. The van der Waals surface area contributed by atoms with Gasteiger partial charge in [-0.15, -0.1) is 6.58 Å². The summed E-state index contributed by atoms with van der Waals surface area (Å²) in [7, 11) is -1.07. The predicted octanol–water partition coefficient (Wildman–Crippen LogP) is 3.88. The van der Waals surface area contributed by atoms with Crippen molar-refractivity contribution in [3.05, 3.63) is 47.5 Å². The largest absolute Gasteiger partial charge is 0.242 e. The van der Waals surface area contributed by atoms with E-state index in [4.69, 9.17) is 11.6 Å². The first-order valence-electron chi connectivity index (χ1n) is 6.36. The van der Waals surface area contributed by atoms with E-state index in [1.54, 1.807) is 0 Å². The van der Waals surface area contributed by atoms with Crippen LogP contribution in [0.25, 0.3) is 0 Å². The molecular weight excluding hydrogens is 278 g/mol. The number of halogens is 1. The van der Waals surface area contributed by atoms with Gasteiger partial charge in [0.2, 0.25) is 0 Å². The van der Waals surface area contributed by atoms with E-state index in [1.165, 1.54) is 5.56 Å². The Labute approximate surface area is 123 Å². The van der Waals surface area contributed by atoms with E-state index < -0.39 is 11.0 Å². The molecular formula is C15H22ClNOS. The van der Waals surface area contributed by atoms with Crippen molar-refractivity contribution in [3.8, 4) is 0 Å². The molecule has 2 nitrogen and oxygen atoms in total. The molecule has 2 unspecified atom stereocenters. The molecule has 2 atom stereocenters. The first-order valence-corrected chi connectivity index (χ1v) is 7.89. The van der Waals surface area contributed by atoms with E-state index in [1.807, 2.05) is 51.1 Å². The summed E-state index contributed by atoms with van der Waals surface area (Å²) in [6.07, 6.45) is 3.45. The van der Waals surface area contributed by atoms with Gasteiger partial charge >= 0.3 is 0 Å². The number of hydrogen-bond donors (Lipinski definition) is 1. The summed E-state index contributed by atoms with van der Waals surface area (Å²) in [6.45, 7) is 9.65. The smallest absolute Gasteiger partial charge is 0.0972 e. The Morgan fingerprint density at radius 3 is 2.42 bits per heavy atom. The molecule has 0 aliphatic rings. The van der Waals surface area contributed by atoms with Crippen LogP contribution < -0.4 is 4.72 Å². The third-order valence-corrected chi connectivity index (χ3v) is 4.59. The van der Waals surface area contributed by atoms with Gasteiger partial charge in [0.1, 0.15) is 0 Å².